The smallest absolute Gasteiger partial charge is 0.0704 e. The quantitative estimate of drug-likeness (QED) is 0.895. The molecule has 0 aliphatic carbocycles. The highest BCUT2D eigenvalue weighted by atomic mass is 16.5. The Labute approximate surface area is 107 Å². The van der Waals surface area contributed by atoms with Crippen LogP contribution in [0.4, 0.5) is 0 Å². The zero-order valence-electron chi connectivity index (χ0n) is 10.4. The van der Waals surface area contributed by atoms with Gasteiger partial charge in [-0.2, -0.15) is 0 Å². The van der Waals surface area contributed by atoms with E-state index in [-0.39, 0.29) is 0 Å². The Morgan fingerprint density at radius 3 is 3.11 bits per heavy atom. The Kier molecular flexibility index (Phi) is 3.53. The first-order valence-electron chi connectivity index (χ1n) is 6.58. The minimum atomic E-state index is 0.352. The maximum Gasteiger partial charge on any atom is 0.0704 e. The predicted octanol–water partition coefficient (Wildman–Crippen LogP) is 2.16. The summed E-state index contributed by atoms with van der Waals surface area (Å²) >= 11 is 0. The molecule has 1 fully saturated rings. The number of hydrogen-bond acceptors (Lipinski definition) is 3. The summed E-state index contributed by atoms with van der Waals surface area (Å²) in [6.45, 7) is 2.79. The highest BCUT2D eigenvalue weighted by molar-refractivity contribution is 5.81. The number of nitrogens with zero attached hydrogens (tertiary/aromatic N) is 1. The lowest BCUT2D eigenvalue weighted by Gasteiger charge is -2.23. The number of nitrogens with one attached hydrogen (secondary N) is 1. The third-order valence-electron chi connectivity index (χ3n) is 3.48. The molecule has 1 atom stereocenters. The molecule has 0 spiro atoms. The molecule has 1 aromatic carbocycles. The van der Waals surface area contributed by atoms with E-state index in [1.807, 2.05) is 12.3 Å². The van der Waals surface area contributed by atoms with E-state index in [9.17, 15) is 0 Å². The topological polar surface area (TPSA) is 34.1 Å². The highest BCUT2D eigenvalue weighted by Crippen LogP contribution is 2.18. The molecule has 1 unspecified atom stereocenters. The molecular formula is C15H18N2O. The van der Waals surface area contributed by atoms with Crippen LogP contribution in [-0.2, 0) is 11.2 Å². The number of morpholine rings is 1. The zero-order chi connectivity index (χ0) is 12.2. The monoisotopic (exact) mass is 242 g/mol. The van der Waals surface area contributed by atoms with Crippen molar-refractivity contribution in [3.63, 3.8) is 0 Å². The van der Waals surface area contributed by atoms with Crippen molar-refractivity contribution in [2.75, 3.05) is 19.7 Å². The molecule has 3 heteroatoms. The standard InChI is InChI=1S/C15H18N2O/c1-2-4-15-14(3-1)12(7-8-17-15)5-6-13-11-16-9-10-18-13/h1-4,7-8,13,16H,5-6,9-11H2. The average molecular weight is 242 g/mol. The van der Waals surface area contributed by atoms with E-state index in [2.05, 4.69) is 34.6 Å². The Morgan fingerprint density at radius 2 is 2.22 bits per heavy atom. The Bertz CT molecular complexity index is 515. The van der Waals surface area contributed by atoms with Crippen LogP contribution in [0.25, 0.3) is 10.9 Å². The molecule has 3 nitrogen and oxygen atoms in total. The SMILES string of the molecule is c1ccc2c(CCC3CNCCO3)ccnc2c1. The summed E-state index contributed by atoms with van der Waals surface area (Å²) in [6.07, 6.45) is 4.37. The second-order valence-electron chi connectivity index (χ2n) is 4.72. The van der Waals surface area contributed by atoms with Gasteiger partial charge in [0.1, 0.15) is 0 Å². The summed E-state index contributed by atoms with van der Waals surface area (Å²) in [5, 5.41) is 4.64. The molecule has 1 aromatic heterocycles. The van der Waals surface area contributed by atoms with E-state index in [4.69, 9.17) is 4.74 Å². The van der Waals surface area contributed by atoms with Crippen molar-refractivity contribution in [2.45, 2.75) is 18.9 Å². The van der Waals surface area contributed by atoms with E-state index in [0.29, 0.717) is 6.10 Å². The van der Waals surface area contributed by atoms with Gasteiger partial charge in [0.2, 0.25) is 0 Å². The van der Waals surface area contributed by atoms with Crippen LogP contribution in [0, 0.1) is 0 Å². The van der Waals surface area contributed by atoms with Gasteiger partial charge in [0.15, 0.2) is 0 Å². The number of rotatable bonds is 3. The molecule has 1 saturated heterocycles. The minimum absolute atomic E-state index is 0.352. The second-order valence-corrected chi connectivity index (χ2v) is 4.72. The third kappa shape index (κ3) is 2.52. The summed E-state index contributed by atoms with van der Waals surface area (Å²) < 4.78 is 5.73. The number of aromatic nitrogens is 1. The minimum Gasteiger partial charge on any atom is -0.376 e. The molecular weight excluding hydrogens is 224 g/mol. The number of para-hydroxylation sites is 1. The zero-order valence-corrected chi connectivity index (χ0v) is 10.4. The van der Waals surface area contributed by atoms with Crippen molar-refractivity contribution in [1.82, 2.24) is 10.3 Å². The molecule has 18 heavy (non-hydrogen) atoms. The van der Waals surface area contributed by atoms with Crippen LogP contribution in [0.5, 0.6) is 0 Å². The van der Waals surface area contributed by atoms with Crippen LogP contribution in [0.2, 0.25) is 0 Å². The second kappa shape index (κ2) is 5.46. The molecule has 0 bridgehead atoms. The number of fused-ring (bicyclic) bond motifs is 1. The van der Waals surface area contributed by atoms with Gasteiger partial charge >= 0.3 is 0 Å². The molecule has 94 valence electrons. The van der Waals surface area contributed by atoms with Crippen LogP contribution in [0.1, 0.15) is 12.0 Å². The predicted molar refractivity (Wildman–Crippen MR) is 72.7 cm³/mol. The van der Waals surface area contributed by atoms with Crippen molar-refractivity contribution in [3.05, 3.63) is 42.1 Å². The van der Waals surface area contributed by atoms with Crippen LogP contribution >= 0.6 is 0 Å². The van der Waals surface area contributed by atoms with E-state index >= 15 is 0 Å². The van der Waals surface area contributed by atoms with Crippen molar-refractivity contribution >= 4 is 10.9 Å². The maximum atomic E-state index is 5.73. The largest absolute Gasteiger partial charge is 0.376 e. The summed E-state index contributed by atoms with van der Waals surface area (Å²) in [7, 11) is 0. The van der Waals surface area contributed by atoms with Gasteiger partial charge in [-0.3, -0.25) is 4.98 Å². The normalized spacial score (nSPS) is 20.1. The molecule has 0 radical (unpaired) electrons. The number of hydrogen-bond donors (Lipinski definition) is 1. The highest BCUT2D eigenvalue weighted by Gasteiger charge is 2.13. The number of ether oxygens (including phenoxy) is 1. The lowest BCUT2D eigenvalue weighted by atomic mass is 10.0. The van der Waals surface area contributed by atoms with E-state index < -0.39 is 0 Å². The van der Waals surface area contributed by atoms with Gasteiger partial charge in [0.25, 0.3) is 0 Å². The van der Waals surface area contributed by atoms with Crippen molar-refractivity contribution in [2.24, 2.45) is 0 Å². The molecule has 1 N–H and O–H groups in total. The van der Waals surface area contributed by atoms with Gasteiger partial charge in [-0.05, 0) is 30.5 Å². The number of pyridine rings is 1. The van der Waals surface area contributed by atoms with Gasteiger partial charge in [-0.25, -0.2) is 0 Å². The Balaban J connectivity index is 1.74. The van der Waals surface area contributed by atoms with E-state index in [1.165, 1.54) is 10.9 Å². The van der Waals surface area contributed by atoms with Crippen LogP contribution in [0.3, 0.4) is 0 Å². The average Bonchev–Trinajstić information content (AvgIpc) is 2.46. The number of aryl methyl sites for hydroxylation is 1. The first-order valence-corrected chi connectivity index (χ1v) is 6.58. The van der Waals surface area contributed by atoms with Gasteiger partial charge in [0, 0.05) is 24.7 Å². The molecule has 1 aliphatic rings. The molecule has 3 rings (SSSR count). The van der Waals surface area contributed by atoms with Crippen LogP contribution in [0.15, 0.2) is 36.5 Å². The van der Waals surface area contributed by atoms with E-state index in [1.54, 1.807) is 0 Å². The fraction of sp³-hybridized carbons (Fsp3) is 0.400. The number of benzene rings is 1. The molecule has 2 heterocycles. The van der Waals surface area contributed by atoms with Crippen LogP contribution < -0.4 is 5.32 Å². The summed E-state index contributed by atoms with van der Waals surface area (Å²) in [5.41, 5.74) is 2.45. The molecule has 1 aliphatic heterocycles. The molecule has 0 saturated carbocycles. The van der Waals surface area contributed by atoms with Gasteiger partial charge in [0.05, 0.1) is 18.2 Å². The van der Waals surface area contributed by atoms with Crippen molar-refractivity contribution in [3.8, 4) is 0 Å². The molecule has 2 aromatic rings. The first kappa shape index (κ1) is 11.6. The molecule has 0 amide bonds. The summed E-state index contributed by atoms with van der Waals surface area (Å²) in [4.78, 5) is 4.39. The summed E-state index contributed by atoms with van der Waals surface area (Å²) in [6, 6.07) is 10.5. The third-order valence-corrected chi connectivity index (χ3v) is 3.48. The maximum absolute atomic E-state index is 5.73. The van der Waals surface area contributed by atoms with Crippen molar-refractivity contribution in [1.29, 1.82) is 0 Å². The summed E-state index contributed by atoms with van der Waals surface area (Å²) in [5.74, 6) is 0. The van der Waals surface area contributed by atoms with E-state index in [0.717, 1.165) is 38.1 Å². The Morgan fingerprint density at radius 1 is 1.28 bits per heavy atom. The lowest BCUT2D eigenvalue weighted by Crippen LogP contribution is -2.38. The van der Waals surface area contributed by atoms with Gasteiger partial charge in [-0.1, -0.05) is 18.2 Å². The van der Waals surface area contributed by atoms with Crippen molar-refractivity contribution < 1.29 is 4.74 Å². The van der Waals surface area contributed by atoms with Gasteiger partial charge in [-0.15, -0.1) is 0 Å². The first-order chi connectivity index (χ1) is 8.93. The van der Waals surface area contributed by atoms with Gasteiger partial charge < -0.3 is 10.1 Å². The lowest BCUT2D eigenvalue weighted by molar-refractivity contribution is 0.0239. The Hall–Kier alpha value is -1.45. The fourth-order valence-electron chi connectivity index (χ4n) is 2.49. The fourth-order valence-corrected chi connectivity index (χ4v) is 2.49. The van der Waals surface area contributed by atoms with Crippen LogP contribution in [-0.4, -0.2) is 30.8 Å².